The molecule has 2 aromatic rings. The second-order valence-corrected chi connectivity index (χ2v) is 5.82. The van der Waals surface area contributed by atoms with Crippen LogP contribution in [0, 0.1) is 5.82 Å². The molecule has 0 fully saturated rings. The largest absolute Gasteiger partial charge is 0.490 e. The van der Waals surface area contributed by atoms with Gasteiger partial charge in [-0.2, -0.15) is 0 Å². The van der Waals surface area contributed by atoms with Crippen LogP contribution in [0.5, 0.6) is 5.75 Å². The van der Waals surface area contributed by atoms with E-state index < -0.39 is 0 Å². The lowest BCUT2D eigenvalue weighted by molar-refractivity contribution is 0.254. The van der Waals surface area contributed by atoms with E-state index in [0.717, 1.165) is 23.3 Å². The third kappa shape index (κ3) is 2.80. The van der Waals surface area contributed by atoms with Crippen LogP contribution in [0.1, 0.15) is 29.0 Å². The number of fused-ring (bicyclic) bond motifs is 1. The van der Waals surface area contributed by atoms with E-state index >= 15 is 0 Å². The summed E-state index contributed by atoms with van der Waals surface area (Å²) in [7, 11) is 0. The molecular weight excluding hydrogens is 275 g/mol. The summed E-state index contributed by atoms with van der Waals surface area (Å²) >= 11 is 6.48. The highest BCUT2D eigenvalue weighted by Crippen LogP contribution is 2.33. The molecule has 1 heterocycles. The normalized spacial score (nSPS) is 18.4. The van der Waals surface area contributed by atoms with Gasteiger partial charge in [-0.25, -0.2) is 4.39 Å². The number of hydrogen-bond donors (Lipinski definition) is 0. The maximum atomic E-state index is 12.9. The molecular formula is C17H16ClFO. The zero-order valence-electron chi connectivity index (χ0n) is 11.3. The zero-order valence-corrected chi connectivity index (χ0v) is 12.0. The Bertz CT molecular complexity index is 609. The van der Waals surface area contributed by atoms with Crippen LogP contribution in [0.2, 0.25) is 0 Å². The fourth-order valence-electron chi connectivity index (χ4n) is 2.58. The van der Waals surface area contributed by atoms with E-state index in [1.165, 1.54) is 17.7 Å². The molecule has 1 aliphatic rings. The predicted octanol–water partition coefficient (Wildman–Crippen LogP) is 4.67. The molecule has 0 N–H and O–H groups in total. The Labute approximate surface area is 123 Å². The minimum absolute atomic E-state index is 0.110. The fraction of sp³-hybridized carbons (Fsp3) is 0.294. The van der Waals surface area contributed by atoms with Gasteiger partial charge < -0.3 is 4.74 Å². The lowest BCUT2D eigenvalue weighted by atomic mass is 10.0. The third-order valence-electron chi connectivity index (χ3n) is 3.61. The molecule has 0 saturated heterocycles. The van der Waals surface area contributed by atoms with Gasteiger partial charge >= 0.3 is 0 Å². The zero-order chi connectivity index (χ0) is 14.1. The van der Waals surface area contributed by atoms with Crippen molar-refractivity contribution < 1.29 is 9.13 Å². The summed E-state index contributed by atoms with van der Waals surface area (Å²) in [5.41, 5.74) is 3.35. The Morgan fingerprint density at radius 2 is 2.00 bits per heavy atom. The Morgan fingerprint density at radius 3 is 2.75 bits per heavy atom. The maximum absolute atomic E-state index is 12.9. The first-order valence-corrected chi connectivity index (χ1v) is 7.23. The molecule has 0 saturated carbocycles. The van der Waals surface area contributed by atoms with E-state index in [9.17, 15) is 4.39 Å². The van der Waals surface area contributed by atoms with Gasteiger partial charge in [-0.1, -0.05) is 24.3 Å². The van der Waals surface area contributed by atoms with Crippen LogP contribution in [0.4, 0.5) is 4.39 Å². The van der Waals surface area contributed by atoms with Gasteiger partial charge in [0.2, 0.25) is 0 Å². The molecule has 20 heavy (non-hydrogen) atoms. The van der Waals surface area contributed by atoms with Gasteiger partial charge in [0.1, 0.15) is 17.7 Å². The highest BCUT2D eigenvalue weighted by molar-refractivity contribution is 6.20. The summed E-state index contributed by atoms with van der Waals surface area (Å²) in [6.45, 7) is 2.07. The standard InChI is InChI=1S/C17H16ClFO/c1-11-8-14-10-13(4-7-17(14)20-11)16(18)9-12-2-5-15(19)6-3-12/h2-7,10-11,16H,8-9H2,1H3. The maximum Gasteiger partial charge on any atom is 0.123 e. The minimum atomic E-state index is -0.219. The molecule has 104 valence electrons. The second kappa shape index (κ2) is 5.45. The summed E-state index contributed by atoms with van der Waals surface area (Å²) in [6, 6.07) is 12.6. The summed E-state index contributed by atoms with van der Waals surface area (Å²) in [6.07, 6.45) is 1.87. The lowest BCUT2D eigenvalue weighted by Crippen LogP contribution is -2.05. The first-order chi connectivity index (χ1) is 9.61. The first kappa shape index (κ1) is 13.4. The number of benzene rings is 2. The average molecular weight is 291 g/mol. The highest BCUT2D eigenvalue weighted by Gasteiger charge is 2.20. The first-order valence-electron chi connectivity index (χ1n) is 6.80. The van der Waals surface area contributed by atoms with Gasteiger partial charge in [0, 0.05) is 6.42 Å². The summed E-state index contributed by atoms with van der Waals surface area (Å²) in [5.74, 6) is 0.746. The van der Waals surface area contributed by atoms with E-state index in [1.54, 1.807) is 12.1 Å². The van der Waals surface area contributed by atoms with E-state index in [1.807, 2.05) is 12.1 Å². The quantitative estimate of drug-likeness (QED) is 0.746. The Balaban J connectivity index is 1.76. The molecule has 0 radical (unpaired) electrons. The monoisotopic (exact) mass is 290 g/mol. The van der Waals surface area contributed by atoms with E-state index in [0.29, 0.717) is 6.42 Å². The molecule has 0 aromatic heterocycles. The van der Waals surface area contributed by atoms with Crippen molar-refractivity contribution in [2.45, 2.75) is 31.2 Å². The van der Waals surface area contributed by atoms with Gasteiger partial charge in [0.05, 0.1) is 5.38 Å². The summed E-state index contributed by atoms with van der Waals surface area (Å²) in [5, 5.41) is -0.110. The van der Waals surface area contributed by atoms with Crippen LogP contribution >= 0.6 is 11.6 Å². The van der Waals surface area contributed by atoms with E-state index in [-0.39, 0.29) is 17.3 Å². The Morgan fingerprint density at radius 1 is 1.25 bits per heavy atom. The molecule has 3 rings (SSSR count). The number of ether oxygens (including phenoxy) is 1. The number of hydrogen-bond acceptors (Lipinski definition) is 1. The van der Waals surface area contributed by atoms with E-state index in [4.69, 9.17) is 16.3 Å². The Kier molecular flexibility index (Phi) is 3.66. The average Bonchev–Trinajstić information content (AvgIpc) is 2.80. The highest BCUT2D eigenvalue weighted by atomic mass is 35.5. The molecule has 2 unspecified atom stereocenters. The van der Waals surface area contributed by atoms with E-state index in [2.05, 4.69) is 13.0 Å². The molecule has 1 nitrogen and oxygen atoms in total. The van der Waals surface area contributed by atoms with Gasteiger partial charge in [-0.05, 0) is 48.2 Å². The van der Waals surface area contributed by atoms with Crippen molar-refractivity contribution in [1.29, 1.82) is 0 Å². The second-order valence-electron chi connectivity index (χ2n) is 5.30. The van der Waals surface area contributed by atoms with Crippen LogP contribution in [-0.4, -0.2) is 6.10 Å². The van der Waals surface area contributed by atoms with Crippen molar-refractivity contribution in [3.8, 4) is 5.75 Å². The molecule has 1 aliphatic heterocycles. The van der Waals surface area contributed by atoms with Crippen molar-refractivity contribution >= 4 is 11.6 Å². The number of halogens is 2. The van der Waals surface area contributed by atoms with Gasteiger partial charge in [0.25, 0.3) is 0 Å². The van der Waals surface area contributed by atoms with Gasteiger partial charge in [0.15, 0.2) is 0 Å². The number of rotatable bonds is 3. The SMILES string of the molecule is CC1Cc2cc(C(Cl)Cc3ccc(F)cc3)ccc2O1. The van der Waals surface area contributed by atoms with Crippen LogP contribution in [-0.2, 0) is 12.8 Å². The summed E-state index contributed by atoms with van der Waals surface area (Å²) < 4.78 is 18.6. The lowest BCUT2D eigenvalue weighted by Gasteiger charge is -2.11. The molecule has 2 atom stereocenters. The van der Waals surface area contributed by atoms with Crippen LogP contribution in [0.25, 0.3) is 0 Å². The van der Waals surface area contributed by atoms with Crippen LogP contribution < -0.4 is 4.74 Å². The van der Waals surface area contributed by atoms with Gasteiger partial charge in [-0.15, -0.1) is 11.6 Å². The van der Waals surface area contributed by atoms with Gasteiger partial charge in [-0.3, -0.25) is 0 Å². The molecule has 0 aliphatic carbocycles. The molecule has 0 bridgehead atoms. The fourth-order valence-corrected chi connectivity index (χ4v) is 2.90. The van der Waals surface area contributed by atoms with Crippen molar-refractivity contribution in [2.75, 3.05) is 0 Å². The molecule has 3 heteroatoms. The minimum Gasteiger partial charge on any atom is -0.490 e. The summed E-state index contributed by atoms with van der Waals surface area (Å²) in [4.78, 5) is 0. The Hall–Kier alpha value is -1.54. The smallest absolute Gasteiger partial charge is 0.123 e. The third-order valence-corrected chi connectivity index (χ3v) is 4.02. The molecule has 0 spiro atoms. The van der Waals surface area contributed by atoms with Crippen molar-refractivity contribution in [3.63, 3.8) is 0 Å². The predicted molar refractivity (Wildman–Crippen MR) is 78.9 cm³/mol. The van der Waals surface area contributed by atoms with Crippen LogP contribution in [0.15, 0.2) is 42.5 Å². The van der Waals surface area contributed by atoms with Crippen molar-refractivity contribution in [2.24, 2.45) is 0 Å². The number of alkyl halides is 1. The molecule has 2 aromatic carbocycles. The van der Waals surface area contributed by atoms with Crippen molar-refractivity contribution in [1.82, 2.24) is 0 Å². The van der Waals surface area contributed by atoms with Crippen LogP contribution in [0.3, 0.4) is 0 Å². The topological polar surface area (TPSA) is 9.23 Å². The van der Waals surface area contributed by atoms with Crippen molar-refractivity contribution in [3.05, 3.63) is 65.0 Å². The molecule has 0 amide bonds.